The summed E-state index contributed by atoms with van der Waals surface area (Å²) >= 11 is 0. The van der Waals surface area contributed by atoms with Crippen molar-refractivity contribution in [1.82, 2.24) is 15.5 Å². The van der Waals surface area contributed by atoms with Crippen LogP contribution >= 0.6 is 0 Å². The average Bonchev–Trinajstić information content (AvgIpc) is 2.51. The van der Waals surface area contributed by atoms with Crippen molar-refractivity contribution in [3.8, 4) is 0 Å². The standard InChI is InChI=1S/C11H17N3O4/c1-10(2,8(16)17)14-7(15)11(13-9(14)18)3-5-12-6-4-11/h12H,3-6H2,1-2H3,(H,13,18)(H,16,17). The Labute approximate surface area is 105 Å². The molecule has 3 N–H and O–H groups in total. The van der Waals surface area contributed by atoms with Crippen LogP contribution in [0.1, 0.15) is 26.7 Å². The molecule has 0 saturated carbocycles. The number of hydrogen-bond acceptors (Lipinski definition) is 4. The van der Waals surface area contributed by atoms with E-state index in [2.05, 4.69) is 10.6 Å². The number of amides is 3. The Hall–Kier alpha value is -1.63. The number of piperidine rings is 1. The van der Waals surface area contributed by atoms with E-state index < -0.39 is 29.0 Å². The van der Waals surface area contributed by atoms with Crippen LogP contribution in [-0.4, -0.2) is 52.1 Å². The number of imide groups is 1. The van der Waals surface area contributed by atoms with Crippen LogP contribution in [0.4, 0.5) is 4.79 Å². The molecule has 7 nitrogen and oxygen atoms in total. The van der Waals surface area contributed by atoms with Gasteiger partial charge in [0.2, 0.25) is 0 Å². The van der Waals surface area contributed by atoms with Crippen molar-refractivity contribution in [2.75, 3.05) is 13.1 Å². The monoisotopic (exact) mass is 255 g/mol. The fourth-order valence-corrected chi connectivity index (χ4v) is 2.42. The van der Waals surface area contributed by atoms with E-state index in [1.807, 2.05) is 0 Å². The first-order valence-electron chi connectivity index (χ1n) is 5.92. The first-order chi connectivity index (χ1) is 8.31. The summed E-state index contributed by atoms with van der Waals surface area (Å²) in [6.07, 6.45) is 0.980. The van der Waals surface area contributed by atoms with Crippen LogP contribution < -0.4 is 10.6 Å². The third-order valence-electron chi connectivity index (χ3n) is 3.70. The molecular weight excluding hydrogens is 238 g/mol. The largest absolute Gasteiger partial charge is 0.480 e. The van der Waals surface area contributed by atoms with E-state index in [9.17, 15) is 14.4 Å². The molecular formula is C11H17N3O4. The average molecular weight is 255 g/mol. The Bertz CT molecular complexity index is 413. The van der Waals surface area contributed by atoms with Crippen molar-refractivity contribution in [2.45, 2.75) is 37.8 Å². The van der Waals surface area contributed by atoms with Gasteiger partial charge in [-0.3, -0.25) is 4.79 Å². The number of carboxylic acid groups (broad SMARTS) is 1. The van der Waals surface area contributed by atoms with Crippen LogP contribution in [0.25, 0.3) is 0 Å². The molecule has 2 fully saturated rings. The number of carbonyl (C=O) groups is 3. The van der Waals surface area contributed by atoms with Gasteiger partial charge in [0.25, 0.3) is 5.91 Å². The predicted molar refractivity (Wildman–Crippen MR) is 61.9 cm³/mol. The Morgan fingerprint density at radius 3 is 2.39 bits per heavy atom. The molecule has 2 heterocycles. The zero-order valence-electron chi connectivity index (χ0n) is 10.4. The van der Waals surface area contributed by atoms with Gasteiger partial charge in [-0.05, 0) is 39.8 Å². The molecule has 2 aliphatic heterocycles. The molecule has 1 spiro atoms. The first kappa shape index (κ1) is 12.8. The van der Waals surface area contributed by atoms with Crippen LogP contribution in [0.2, 0.25) is 0 Å². The maximum Gasteiger partial charge on any atom is 0.329 e. The van der Waals surface area contributed by atoms with Crippen molar-refractivity contribution in [3.05, 3.63) is 0 Å². The van der Waals surface area contributed by atoms with Gasteiger partial charge in [0, 0.05) is 0 Å². The predicted octanol–water partition coefficient (Wildman–Crippen LogP) is -0.476. The summed E-state index contributed by atoms with van der Waals surface area (Å²) in [5, 5.41) is 14.9. The van der Waals surface area contributed by atoms with Gasteiger partial charge in [0.15, 0.2) is 0 Å². The zero-order chi connectivity index (χ0) is 13.6. The van der Waals surface area contributed by atoms with E-state index in [1.54, 1.807) is 0 Å². The first-order valence-corrected chi connectivity index (χ1v) is 5.92. The lowest BCUT2D eigenvalue weighted by atomic mass is 9.87. The van der Waals surface area contributed by atoms with Crippen molar-refractivity contribution in [3.63, 3.8) is 0 Å². The molecule has 2 aliphatic rings. The van der Waals surface area contributed by atoms with Crippen LogP contribution in [-0.2, 0) is 9.59 Å². The number of aliphatic carboxylic acids is 1. The zero-order valence-corrected chi connectivity index (χ0v) is 10.4. The topological polar surface area (TPSA) is 98.7 Å². The molecule has 0 atom stereocenters. The highest BCUT2D eigenvalue weighted by Crippen LogP contribution is 2.31. The lowest BCUT2D eigenvalue weighted by Crippen LogP contribution is -2.57. The van der Waals surface area contributed by atoms with E-state index in [4.69, 9.17) is 5.11 Å². The molecule has 7 heteroatoms. The van der Waals surface area contributed by atoms with Gasteiger partial charge in [0.1, 0.15) is 11.1 Å². The van der Waals surface area contributed by atoms with Gasteiger partial charge in [-0.2, -0.15) is 0 Å². The fourth-order valence-electron chi connectivity index (χ4n) is 2.42. The molecule has 0 aliphatic carbocycles. The highest BCUT2D eigenvalue weighted by atomic mass is 16.4. The van der Waals surface area contributed by atoms with Gasteiger partial charge >= 0.3 is 12.0 Å². The third-order valence-corrected chi connectivity index (χ3v) is 3.70. The van der Waals surface area contributed by atoms with Crippen molar-refractivity contribution < 1.29 is 19.5 Å². The summed E-state index contributed by atoms with van der Waals surface area (Å²) in [7, 11) is 0. The second-order valence-corrected chi connectivity index (χ2v) is 5.27. The SMILES string of the molecule is CC(C)(C(=O)O)N1C(=O)NC2(CCNCC2)C1=O. The second-order valence-electron chi connectivity index (χ2n) is 5.27. The molecule has 3 amide bonds. The minimum absolute atomic E-state index is 0.429. The molecule has 0 aromatic rings. The maximum atomic E-state index is 12.4. The Morgan fingerprint density at radius 2 is 1.89 bits per heavy atom. The number of carbonyl (C=O) groups excluding carboxylic acids is 2. The van der Waals surface area contributed by atoms with Gasteiger partial charge in [-0.1, -0.05) is 0 Å². The summed E-state index contributed by atoms with van der Waals surface area (Å²) < 4.78 is 0. The molecule has 0 unspecified atom stereocenters. The molecule has 0 aromatic carbocycles. The number of urea groups is 1. The molecule has 0 radical (unpaired) electrons. The van der Waals surface area contributed by atoms with E-state index >= 15 is 0 Å². The third kappa shape index (κ3) is 1.66. The highest BCUT2D eigenvalue weighted by molar-refractivity contribution is 6.10. The molecule has 100 valence electrons. The maximum absolute atomic E-state index is 12.4. The number of nitrogens with one attached hydrogen (secondary N) is 2. The van der Waals surface area contributed by atoms with Crippen LogP contribution in [0.15, 0.2) is 0 Å². The van der Waals surface area contributed by atoms with E-state index in [0.717, 1.165) is 4.90 Å². The van der Waals surface area contributed by atoms with Gasteiger partial charge in [-0.25, -0.2) is 14.5 Å². The highest BCUT2D eigenvalue weighted by Gasteiger charge is 2.57. The van der Waals surface area contributed by atoms with Crippen LogP contribution in [0.3, 0.4) is 0 Å². The lowest BCUT2D eigenvalue weighted by Gasteiger charge is -2.33. The lowest BCUT2D eigenvalue weighted by molar-refractivity contribution is -0.153. The van der Waals surface area contributed by atoms with Gasteiger partial charge in [-0.15, -0.1) is 0 Å². The van der Waals surface area contributed by atoms with Crippen molar-refractivity contribution in [2.24, 2.45) is 0 Å². The molecule has 2 rings (SSSR count). The Kier molecular flexibility index (Phi) is 2.81. The van der Waals surface area contributed by atoms with E-state index in [0.29, 0.717) is 25.9 Å². The number of carboxylic acids is 1. The number of nitrogens with zero attached hydrogens (tertiary/aromatic N) is 1. The summed E-state index contributed by atoms with van der Waals surface area (Å²) in [6.45, 7) is 3.97. The van der Waals surface area contributed by atoms with Crippen molar-refractivity contribution in [1.29, 1.82) is 0 Å². The van der Waals surface area contributed by atoms with Crippen LogP contribution in [0, 0.1) is 0 Å². The van der Waals surface area contributed by atoms with E-state index in [1.165, 1.54) is 13.8 Å². The molecule has 0 bridgehead atoms. The summed E-state index contributed by atoms with van der Waals surface area (Å²) in [5.74, 6) is -1.63. The quantitative estimate of drug-likeness (QED) is 0.579. The fraction of sp³-hybridized carbons (Fsp3) is 0.727. The minimum Gasteiger partial charge on any atom is -0.480 e. The number of hydrogen-bond donors (Lipinski definition) is 3. The minimum atomic E-state index is -1.53. The normalized spacial score (nSPS) is 23.3. The smallest absolute Gasteiger partial charge is 0.329 e. The van der Waals surface area contributed by atoms with Gasteiger partial charge < -0.3 is 15.7 Å². The molecule has 18 heavy (non-hydrogen) atoms. The summed E-state index contributed by atoms with van der Waals surface area (Å²) in [6, 6.07) is -0.616. The molecule has 2 saturated heterocycles. The number of rotatable bonds is 2. The van der Waals surface area contributed by atoms with Crippen LogP contribution in [0.5, 0.6) is 0 Å². The Balaban J connectivity index is 2.32. The molecule has 0 aromatic heterocycles. The second kappa shape index (κ2) is 3.94. The van der Waals surface area contributed by atoms with E-state index in [-0.39, 0.29) is 0 Å². The summed E-state index contributed by atoms with van der Waals surface area (Å²) in [5.41, 5.74) is -2.45. The van der Waals surface area contributed by atoms with Crippen molar-refractivity contribution >= 4 is 17.9 Å². The Morgan fingerprint density at radius 1 is 1.33 bits per heavy atom. The van der Waals surface area contributed by atoms with Gasteiger partial charge in [0.05, 0.1) is 0 Å². The summed E-state index contributed by atoms with van der Waals surface area (Å²) in [4.78, 5) is 36.3.